The second kappa shape index (κ2) is 7.14. The fraction of sp³-hybridized carbons (Fsp3) is 0.381. The van der Waals surface area contributed by atoms with Gasteiger partial charge in [0, 0.05) is 43.2 Å². The lowest BCUT2D eigenvalue weighted by molar-refractivity contribution is 0.0772. The third-order valence-electron chi connectivity index (χ3n) is 5.57. The van der Waals surface area contributed by atoms with Gasteiger partial charge >= 0.3 is 0 Å². The molecule has 0 aliphatic carbocycles. The van der Waals surface area contributed by atoms with Crippen molar-refractivity contribution in [1.29, 1.82) is 0 Å². The molecule has 2 aliphatic rings. The van der Waals surface area contributed by atoms with Crippen LogP contribution < -0.4 is 9.64 Å². The quantitative estimate of drug-likeness (QED) is 0.757. The van der Waals surface area contributed by atoms with Gasteiger partial charge in [-0.3, -0.25) is 9.89 Å². The number of amides is 1. The number of rotatable bonds is 4. The lowest BCUT2D eigenvalue weighted by atomic mass is 10.1. The van der Waals surface area contributed by atoms with Gasteiger partial charge in [0.2, 0.25) is 0 Å². The smallest absolute Gasteiger partial charge is 0.254 e. The number of pyridine rings is 1. The first-order chi connectivity index (χ1) is 13.8. The minimum absolute atomic E-state index is 0.00726. The highest BCUT2D eigenvalue weighted by atomic mass is 16.5. The Morgan fingerprint density at radius 3 is 2.96 bits per heavy atom. The van der Waals surface area contributed by atoms with Crippen LogP contribution in [0.3, 0.4) is 0 Å². The number of likely N-dealkylation sites (tertiary alicyclic amines) is 1. The van der Waals surface area contributed by atoms with Crippen LogP contribution in [0.15, 0.2) is 42.7 Å². The number of nitrogens with zero attached hydrogens (tertiary/aromatic N) is 4. The fourth-order valence-electron chi connectivity index (χ4n) is 4.09. The number of H-pyrrole nitrogens is 1. The molecule has 2 aliphatic heterocycles. The number of fused-ring (bicyclic) bond motifs is 1. The van der Waals surface area contributed by atoms with Crippen molar-refractivity contribution in [3.63, 3.8) is 0 Å². The van der Waals surface area contributed by atoms with Crippen molar-refractivity contribution < 1.29 is 9.53 Å². The van der Waals surface area contributed by atoms with Gasteiger partial charge in [-0.05, 0) is 43.2 Å². The number of anilines is 1. The lowest BCUT2D eigenvalue weighted by Gasteiger charge is -2.22. The highest BCUT2D eigenvalue weighted by molar-refractivity contribution is 5.98. The Balaban J connectivity index is 1.28. The van der Waals surface area contributed by atoms with E-state index in [2.05, 4.69) is 20.1 Å². The third-order valence-corrected chi connectivity index (χ3v) is 5.57. The maximum atomic E-state index is 12.9. The van der Waals surface area contributed by atoms with E-state index >= 15 is 0 Å². The summed E-state index contributed by atoms with van der Waals surface area (Å²) in [6.45, 7) is 3.35. The zero-order valence-corrected chi connectivity index (χ0v) is 15.7. The molecule has 3 aromatic rings. The topological polar surface area (TPSA) is 74.3 Å². The summed E-state index contributed by atoms with van der Waals surface area (Å²) in [5.41, 5.74) is 1.62. The average molecular weight is 377 g/mol. The van der Waals surface area contributed by atoms with E-state index in [0.29, 0.717) is 18.7 Å². The minimum Gasteiger partial charge on any atom is -0.485 e. The third kappa shape index (κ3) is 3.17. The summed E-state index contributed by atoms with van der Waals surface area (Å²) >= 11 is 0. The molecule has 0 unspecified atom stereocenters. The van der Waals surface area contributed by atoms with Crippen LogP contribution in [-0.2, 0) is 0 Å². The van der Waals surface area contributed by atoms with Crippen LogP contribution >= 0.6 is 0 Å². The van der Waals surface area contributed by atoms with Gasteiger partial charge in [0.05, 0.1) is 18.3 Å². The van der Waals surface area contributed by atoms with E-state index < -0.39 is 0 Å². The van der Waals surface area contributed by atoms with E-state index in [-0.39, 0.29) is 12.0 Å². The van der Waals surface area contributed by atoms with Crippen molar-refractivity contribution in [2.45, 2.75) is 25.4 Å². The van der Waals surface area contributed by atoms with Gasteiger partial charge in [0.1, 0.15) is 6.10 Å². The summed E-state index contributed by atoms with van der Waals surface area (Å²) in [5.74, 6) is 1.79. The average Bonchev–Trinajstić information content (AvgIpc) is 3.48. The van der Waals surface area contributed by atoms with E-state index in [9.17, 15) is 4.79 Å². The standard InChI is InChI=1S/C21H23N5O2/c27-21(15-5-6-18-16(12-15)13-23-24-18)26-11-7-17(14-26)28-19-4-3-8-22-20(19)25-9-1-2-10-25/h3-6,8,12-13,17H,1-2,7,9-11,14H2,(H,23,24)/t17-/m1/s1. The molecule has 2 fully saturated rings. The molecule has 1 amide bonds. The number of aromatic nitrogens is 3. The number of nitrogens with one attached hydrogen (secondary N) is 1. The van der Waals surface area contributed by atoms with Gasteiger partial charge in [-0.1, -0.05) is 0 Å². The van der Waals surface area contributed by atoms with E-state index in [1.807, 2.05) is 41.4 Å². The number of hydrogen-bond donors (Lipinski definition) is 1. The number of carbonyl (C=O) groups excluding carboxylic acids is 1. The number of hydrogen-bond acceptors (Lipinski definition) is 5. The Morgan fingerprint density at radius 2 is 2.07 bits per heavy atom. The summed E-state index contributed by atoms with van der Waals surface area (Å²) in [7, 11) is 0. The summed E-state index contributed by atoms with van der Waals surface area (Å²) in [6.07, 6.45) is 6.77. The molecule has 7 heteroatoms. The molecule has 0 saturated carbocycles. The van der Waals surface area contributed by atoms with Crippen LogP contribution in [0.4, 0.5) is 5.82 Å². The summed E-state index contributed by atoms with van der Waals surface area (Å²) in [4.78, 5) is 21.6. The van der Waals surface area contributed by atoms with Crippen LogP contribution in [0.5, 0.6) is 5.75 Å². The molecule has 2 saturated heterocycles. The van der Waals surface area contributed by atoms with Gasteiger partial charge < -0.3 is 14.5 Å². The van der Waals surface area contributed by atoms with Gasteiger partial charge in [-0.2, -0.15) is 5.10 Å². The SMILES string of the molecule is O=C(c1ccc2[nH]ncc2c1)N1CC[C@@H](Oc2cccnc2N2CCCC2)C1. The van der Waals surface area contributed by atoms with Gasteiger partial charge in [-0.25, -0.2) is 4.98 Å². The highest BCUT2D eigenvalue weighted by Crippen LogP contribution is 2.30. The molecular weight excluding hydrogens is 354 g/mol. The second-order valence-corrected chi connectivity index (χ2v) is 7.47. The van der Waals surface area contributed by atoms with Crippen molar-refractivity contribution >= 4 is 22.6 Å². The van der Waals surface area contributed by atoms with E-state index in [0.717, 1.165) is 42.0 Å². The van der Waals surface area contributed by atoms with Gasteiger partial charge in [0.15, 0.2) is 11.6 Å². The van der Waals surface area contributed by atoms with Crippen molar-refractivity contribution in [3.05, 3.63) is 48.3 Å². The molecule has 0 bridgehead atoms. The largest absolute Gasteiger partial charge is 0.485 e. The predicted molar refractivity (Wildman–Crippen MR) is 107 cm³/mol. The van der Waals surface area contributed by atoms with Crippen molar-refractivity contribution in [2.24, 2.45) is 0 Å². The van der Waals surface area contributed by atoms with Crippen LogP contribution in [0, 0.1) is 0 Å². The summed E-state index contributed by atoms with van der Waals surface area (Å²) < 4.78 is 6.28. The summed E-state index contributed by atoms with van der Waals surface area (Å²) in [6, 6.07) is 9.54. The van der Waals surface area contributed by atoms with Crippen LogP contribution in [0.1, 0.15) is 29.6 Å². The second-order valence-electron chi connectivity index (χ2n) is 7.47. The molecular formula is C21H23N5O2. The molecule has 4 heterocycles. The Labute approximate surface area is 163 Å². The number of benzene rings is 1. The van der Waals surface area contributed by atoms with E-state index in [4.69, 9.17) is 4.74 Å². The van der Waals surface area contributed by atoms with Crippen molar-refractivity contribution in [3.8, 4) is 5.75 Å². The van der Waals surface area contributed by atoms with Gasteiger partial charge in [-0.15, -0.1) is 0 Å². The minimum atomic E-state index is -0.00726. The Kier molecular flexibility index (Phi) is 4.35. The predicted octanol–water partition coefficient (Wildman–Crippen LogP) is 2.85. The molecule has 7 nitrogen and oxygen atoms in total. The zero-order valence-electron chi connectivity index (χ0n) is 15.7. The number of ether oxygens (including phenoxy) is 1. The molecule has 28 heavy (non-hydrogen) atoms. The number of carbonyl (C=O) groups is 1. The molecule has 1 N–H and O–H groups in total. The first kappa shape index (κ1) is 17.0. The molecule has 1 aromatic carbocycles. The molecule has 0 spiro atoms. The Hall–Kier alpha value is -3.09. The van der Waals surface area contributed by atoms with Gasteiger partial charge in [0.25, 0.3) is 5.91 Å². The normalized spacial score (nSPS) is 19.5. The monoisotopic (exact) mass is 377 g/mol. The highest BCUT2D eigenvalue weighted by Gasteiger charge is 2.29. The fourth-order valence-corrected chi connectivity index (χ4v) is 4.09. The Morgan fingerprint density at radius 1 is 1.18 bits per heavy atom. The number of aromatic amines is 1. The zero-order chi connectivity index (χ0) is 18.9. The lowest BCUT2D eigenvalue weighted by Crippen LogP contribution is -2.31. The Bertz CT molecular complexity index is 995. The van der Waals surface area contributed by atoms with Crippen LogP contribution in [0.2, 0.25) is 0 Å². The molecule has 2 aromatic heterocycles. The molecule has 144 valence electrons. The van der Waals surface area contributed by atoms with E-state index in [1.54, 1.807) is 6.20 Å². The molecule has 5 rings (SSSR count). The maximum absolute atomic E-state index is 12.9. The molecule has 1 atom stereocenters. The molecule has 0 radical (unpaired) electrons. The van der Waals surface area contributed by atoms with Crippen molar-refractivity contribution in [1.82, 2.24) is 20.1 Å². The first-order valence-electron chi connectivity index (χ1n) is 9.87. The first-order valence-corrected chi connectivity index (χ1v) is 9.87. The van der Waals surface area contributed by atoms with E-state index in [1.165, 1.54) is 12.8 Å². The van der Waals surface area contributed by atoms with Crippen LogP contribution in [-0.4, -0.2) is 58.3 Å². The van der Waals surface area contributed by atoms with Crippen LogP contribution in [0.25, 0.3) is 10.9 Å². The summed E-state index contributed by atoms with van der Waals surface area (Å²) in [5, 5.41) is 7.88. The maximum Gasteiger partial charge on any atom is 0.254 e. The van der Waals surface area contributed by atoms with Crippen molar-refractivity contribution in [2.75, 3.05) is 31.1 Å².